The molecule has 2 aromatic rings. The summed E-state index contributed by atoms with van der Waals surface area (Å²) in [7, 11) is 1.67. The average molecular weight is 668 g/mol. The monoisotopic (exact) mass is 667 g/mol. The summed E-state index contributed by atoms with van der Waals surface area (Å²) in [6.07, 6.45) is 15.3. The highest BCUT2D eigenvalue weighted by Crippen LogP contribution is 2.26. The van der Waals surface area contributed by atoms with Gasteiger partial charge in [0.05, 0.1) is 19.6 Å². The van der Waals surface area contributed by atoms with E-state index in [1.165, 1.54) is 32.1 Å². The van der Waals surface area contributed by atoms with Gasteiger partial charge in [0, 0.05) is 42.4 Å². The molecule has 0 spiro atoms. The van der Waals surface area contributed by atoms with E-state index >= 15 is 0 Å². The van der Waals surface area contributed by atoms with Crippen molar-refractivity contribution in [2.24, 2.45) is 5.92 Å². The number of carbonyl (C=O) groups excluding carboxylic acids is 3. The van der Waals surface area contributed by atoms with Crippen LogP contribution in [0.3, 0.4) is 0 Å². The second kappa shape index (κ2) is 28.4. The number of fused-ring (bicyclic) bond motifs is 1. The summed E-state index contributed by atoms with van der Waals surface area (Å²) < 4.78 is 16.2. The average Bonchev–Trinajstić information content (AvgIpc) is 3.39. The maximum absolute atomic E-state index is 11.6. The first kappa shape index (κ1) is 44.4. The second-order valence-electron chi connectivity index (χ2n) is 11.6. The molecule has 0 amide bonds. The van der Waals surface area contributed by atoms with Gasteiger partial charge in [-0.15, -0.1) is 0 Å². The number of aromatic nitrogens is 1. The zero-order chi connectivity index (χ0) is 36.2. The Kier molecular flexibility index (Phi) is 26.3. The molecule has 268 valence electrons. The number of hydrogen-bond acceptors (Lipinski definition) is 8. The summed E-state index contributed by atoms with van der Waals surface area (Å²) in [6, 6.07) is 9.13. The lowest BCUT2D eigenvalue weighted by atomic mass is 9.95. The fourth-order valence-electron chi connectivity index (χ4n) is 4.94. The van der Waals surface area contributed by atoms with E-state index in [2.05, 4.69) is 32.3 Å². The number of aryl methyl sites for hydroxylation is 1. The molecule has 8 heteroatoms. The van der Waals surface area contributed by atoms with Crippen LogP contribution >= 0.6 is 0 Å². The van der Waals surface area contributed by atoms with Crippen molar-refractivity contribution in [3.8, 4) is 5.75 Å². The lowest BCUT2D eigenvalue weighted by Gasteiger charge is -2.12. The van der Waals surface area contributed by atoms with E-state index in [4.69, 9.17) is 24.1 Å². The van der Waals surface area contributed by atoms with Crippen molar-refractivity contribution in [1.82, 2.24) is 4.98 Å². The Morgan fingerprint density at radius 2 is 1.58 bits per heavy atom. The molecule has 1 aliphatic carbocycles. The van der Waals surface area contributed by atoms with Gasteiger partial charge in [0.2, 0.25) is 0 Å². The maximum atomic E-state index is 11.6. The van der Waals surface area contributed by atoms with Gasteiger partial charge in [-0.3, -0.25) is 9.59 Å². The summed E-state index contributed by atoms with van der Waals surface area (Å²) in [5.74, 6) is 2.19. The maximum Gasteiger partial charge on any atom is 0.171 e. The highest BCUT2D eigenvalue weighted by atomic mass is 16.5. The van der Waals surface area contributed by atoms with Crippen molar-refractivity contribution in [1.29, 1.82) is 0 Å². The van der Waals surface area contributed by atoms with Gasteiger partial charge in [0.1, 0.15) is 23.6 Å². The Bertz CT molecular complexity index is 1310. The molecule has 0 saturated carbocycles. The fraction of sp³-hybridized carbons (Fsp3) is 0.550. The molecule has 1 atom stereocenters. The number of ketones is 2. The predicted octanol–water partition coefficient (Wildman–Crippen LogP) is 7.35. The summed E-state index contributed by atoms with van der Waals surface area (Å²) >= 11 is 0. The van der Waals surface area contributed by atoms with E-state index in [1.54, 1.807) is 31.4 Å². The van der Waals surface area contributed by atoms with Crippen LogP contribution in [0.1, 0.15) is 125 Å². The smallest absolute Gasteiger partial charge is 0.171 e. The Balaban J connectivity index is 0.000000693. The number of hydrogen-bond donors (Lipinski definition) is 1. The molecule has 0 fully saturated rings. The van der Waals surface area contributed by atoms with Gasteiger partial charge < -0.3 is 24.1 Å². The van der Waals surface area contributed by atoms with Crippen LogP contribution in [0, 0.1) is 12.8 Å². The van der Waals surface area contributed by atoms with Gasteiger partial charge in [-0.2, -0.15) is 0 Å². The lowest BCUT2D eigenvalue weighted by Crippen LogP contribution is -2.31. The molecule has 1 unspecified atom stereocenters. The van der Waals surface area contributed by atoms with Crippen molar-refractivity contribution in [2.45, 2.75) is 105 Å². The number of carbonyl (C=O) groups is 3. The number of ether oxygens (including phenoxy) is 3. The van der Waals surface area contributed by atoms with Crippen molar-refractivity contribution in [2.75, 3.05) is 33.5 Å². The SMILES string of the molecule is C=C/C=c1/ccc(C)n/c1=C(/C)OCCCC.C=O.CCCCC(CC)CCCO.COCCCCOc1ccc2c(c1)C(=O)CC2=O. The molecule has 1 aromatic carbocycles. The Morgan fingerprint density at radius 3 is 2.21 bits per heavy atom. The minimum absolute atomic E-state index is 0.00732. The second-order valence-corrected chi connectivity index (χ2v) is 11.6. The van der Waals surface area contributed by atoms with E-state index in [9.17, 15) is 9.59 Å². The predicted molar refractivity (Wildman–Crippen MR) is 196 cm³/mol. The first-order chi connectivity index (χ1) is 23.3. The number of Topliss-reactive ketones (excluding diaryl/α,β-unsaturated/α-hetero) is 2. The van der Waals surface area contributed by atoms with Gasteiger partial charge in [-0.05, 0) is 76.1 Å². The molecule has 0 radical (unpaired) electrons. The Hall–Kier alpha value is -3.62. The largest absolute Gasteiger partial charge is 0.496 e. The third-order valence-electron chi connectivity index (χ3n) is 7.75. The number of rotatable bonds is 18. The first-order valence-corrected chi connectivity index (χ1v) is 17.4. The molecule has 3 rings (SSSR count). The van der Waals surface area contributed by atoms with Crippen LogP contribution < -0.4 is 15.3 Å². The van der Waals surface area contributed by atoms with Gasteiger partial charge in [-0.1, -0.05) is 77.7 Å². The number of aliphatic hydroxyl groups excluding tert-OH is 1. The molecular weight excluding hydrogens is 606 g/mol. The summed E-state index contributed by atoms with van der Waals surface area (Å²) in [6.45, 7) is 18.7. The summed E-state index contributed by atoms with van der Waals surface area (Å²) in [5.41, 5.74) is 2.01. The van der Waals surface area contributed by atoms with E-state index in [0.717, 1.165) is 73.3 Å². The fourth-order valence-corrected chi connectivity index (χ4v) is 4.94. The van der Waals surface area contributed by atoms with Gasteiger partial charge in [0.15, 0.2) is 11.6 Å². The molecule has 8 nitrogen and oxygen atoms in total. The van der Waals surface area contributed by atoms with Gasteiger partial charge >= 0.3 is 0 Å². The molecular formula is C40H61NO7. The van der Waals surface area contributed by atoms with E-state index in [-0.39, 0.29) is 18.0 Å². The van der Waals surface area contributed by atoms with E-state index < -0.39 is 0 Å². The van der Waals surface area contributed by atoms with Crippen molar-refractivity contribution in [3.63, 3.8) is 0 Å². The van der Waals surface area contributed by atoms with Crippen LogP contribution in [0.25, 0.3) is 11.8 Å². The molecule has 1 heterocycles. The third-order valence-corrected chi connectivity index (χ3v) is 7.75. The Labute approximate surface area is 289 Å². The van der Waals surface area contributed by atoms with Crippen molar-refractivity contribution >= 4 is 30.2 Å². The highest BCUT2D eigenvalue weighted by molar-refractivity contribution is 6.24. The molecule has 1 aromatic heterocycles. The van der Waals surface area contributed by atoms with Crippen molar-refractivity contribution < 1.29 is 33.7 Å². The lowest BCUT2D eigenvalue weighted by molar-refractivity contribution is -0.0980. The number of pyridine rings is 1. The summed E-state index contributed by atoms with van der Waals surface area (Å²) in [5, 5.41) is 10.6. The minimum atomic E-state index is -0.111. The van der Waals surface area contributed by atoms with Gasteiger partial charge in [0.25, 0.3) is 0 Å². The van der Waals surface area contributed by atoms with Crippen LogP contribution in [-0.4, -0.2) is 62.0 Å². The van der Waals surface area contributed by atoms with Crippen LogP contribution in [0.15, 0.2) is 43.0 Å². The van der Waals surface area contributed by atoms with Crippen molar-refractivity contribution in [3.05, 3.63) is 70.4 Å². The zero-order valence-corrected chi connectivity index (χ0v) is 30.5. The normalized spacial score (nSPS) is 13.1. The van der Waals surface area contributed by atoms with E-state index in [0.29, 0.717) is 30.1 Å². The quantitative estimate of drug-likeness (QED) is 0.130. The van der Waals surface area contributed by atoms with E-state index in [1.807, 2.05) is 38.8 Å². The third kappa shape index (κ3) is 18.1. The van der Waals surface area contributed by atoms with Gasteiger partial charge in [-0.25, -0.2) is 4.98 Å². The zero-order valence-electron chi connectivity index (χ0n) is 30.5. The summed E-state index contributed by atoms with van der Waals surface area (Å²) in [4.78, 5) is 35.5. The number of unbranched alkanes of at least 4 members (excludes halogenated alkanes) is 3. The number of methoxy groups -OCH3 is 1. The highest BCUT2D eigenvalue weighted by Gasteiger charge is 2.27. The molecule has 0 aliphatic heterocycles. The van der Waals surface area contributed by atoms with Crippen LogP contribution in [0.5, 0.6) is 5.75 Å². The Morgan fingerprint density at radius 1 is 0.917 bits per heavy atom. The topological polar surface area (TPSA) is 112 Å². The standard InChI is InChI=1S/C15H21NO.C14H16O4.C10H22O.CH2O/c1-5-7-11-17-13(4)15-14(8-6-2)10-9-12(3)16-15;1-17-6-2-3-7-18-10-4-5-11-12(8-10)14(16)9-13(11)15;1-3-5-7-10(4-2)8-6-9-11;1-2/h6,8-10H,2,5,7,11H2,1,3-4H3;4-5,8H,2-3,6-7,9H2,1H3;10-11H,3-9H2,1-2H3;1H2/b14-8-,15-13-;;;. The first-order valence-electron chi connectivity index (χ1n) is 17.4. The molecule has 1 N–H and O–H groups in total. The van der Waals surface area contributed by atoms with Crippen LogP contribution in [-0.2, 0) is 14.3 Å². The molecule has 48 heavy (non-hydrogen) atoms. The van der Waals surface area contributed by atoms with Crippen LogP contribution in [0.4, 0.5) is 0 Å². The molecule has 0 saturated heterocycles. The number of allylic oxidation sites excluding steroid dienone is 1. The number of benzene rings is 1. The molecule has 0 bridgehead atoms. The minimum Gasteiger partial charge on any atom is -0.496 e. The number of nitrogens with zero attached hydrogens (tertiary/aromatic N) is 1. The van der Waals surface area contributed by atoms with Crippen LogP contribution in [0.2, 0.25) is 0 Å². The molecule has 1 aliphatic rings. The number of aliphatic hydroxyl groups is 1.